The zero-order chi connectivity index (χ0) is 10.7. The summed E-state index contributed by atoms with van der Waals surface area (Å²) < 4.78 is 16.2. The van der Waals surface area contributed by atoms with Crippen molar-refractivity contribution in [2.75, 3.05) is 19.8 Å². The fourth-order valence-electron chi connectivity index (χ4n) is 0.912. The molecule has 0 fully saturated rings. The molecule has 0 aliphatic heterocycles. The fraction of sp³-hybridized carbons (Fsp3) is 0.875. The molecule has 13 heavy (non-hydrogen) atoms. The lowest BCUT2D eigenvalue weighted by molar-refractivity contribution is -0.0979. The third kappa shape index (κ3) is 8.11. The van der Waals surface area contributed by atoms with Crippen LogP contribution >= 0.6 is 0 Å². The van der Waals surface area contributed by atoms with Gasteiger partial charge >= 0.3 is 8.80 Å². The molecular formula is C8H20O4Si. The highest BCUT2D eigenvalue weighted by Gasteiger charge is 2.32. The van der Waals surface area contributed by atoms with Gasteiger partial charge in [0.25, 0.3) is 0 Å². The maximum Gasteiger partial charge on any atom is 0.497 e. The molecule has 5 heteroatoms. The van der Waals surface area contributed by atoms with Crippen molar-refractivity contribution in [1.82, 2.24) is 0 Å². The summed E-state index contributed by atoms with van der Waals surface area (Å²) in [6, 6.07) is 0. The first-order valence-electron chi connectivity index (χ1n) is 4.39. The Morgan fingerprint density at radius 3 is 1.31 bits per heavy atom. The zero-order valence-corrected chi connectivity index (χ0v) is 9.96. The molecule has 0 aromatic heterocycles. The van der Waals surface area contributed by atoms with Gasteiger partial charge < -0.3 is 18.1 Å². The van der Waals surface area contributed by atoms with Crippen LogP contribution in [-0.2, 0) is 18.1 Å². The molecule has 0 amide bonds. The molecule has 0 heterocycles. The minimum atomic E-state index is -2.25. The Morgan fingerprint density at radius 2 is 1.15 bits per heavy atom. The normalized spacial score (nSPS) is 10.5. The third-order valence-electron chi connectivity index (χ3n) is 1.22. The van der Waals surface area contributed by atoms with E-state index < -0.39 is 8.80 Å². The van der Waals surface area contributed by atoms with Crippen LogP contribution in [0.1, 0.15) is 20.8 Å². The van der Waals surface area contributed by atoms with E-state index in [0.717, 1.165) is 0 Å². The number of carbonyl (C=O) groups excluding carboxylic acids is 1. The molecule has 0 aromatic rings. The van der Waals surface area contributed by atoms with Crippen LogP contribution in [-0.4, -0.2) is 35.4 Å². The SMILES string of the molecule is C=O.CCO[Si](C)(OCC)OCC. The Morgan fingerprint density at radius 1 is 0.923 bits per heavy atom. The molecule has 0 aromatic carbocycles. The molecule has 0 saturated heterocycles. The van der Waals surface area contributed by atoms with Crippen LogP contribution in [0.4, 0.5) is 0 Å². The minimum Gasteiger partial charge on any atom is -0.374 e. The number of rotatable bonds is 6. The molecule has 0 rings (SSSR count). The van der Waals surface area contributed by atoms with Crippen LogP contribution in [0.3, 0.4) is 0 Å². The number of hydrogen-bond acceptors (Lipinski definition) is 4. The van der Waals surface area contributed by atoms with Gasteiger partial charge in [-0.3, -0.25) is 0 Å². The molecular weight excluding hydrogens is 188 g/mol. The van der Waals surface area contributed by atoms with Crippen LogP contribution in [0.5, 0.6) is 0 Å². The summed E-state index contributed by atoms with van der Waals surface area (Å²) in [7, 11) is -2.25. The first kappa shape index (κ1) is 15.2. The Balaban J connectivity index is 0. The van der Waals surface area contributed by atoms with E-state index in [0.29, 0.717) is 19.8 Å². The van der Waals surface area contributed by atoms with Crippen LogP contribution in [0.15, 0.2) is 0 Å². The second-order valence-corrected chi connectivity index (χ2v) is 4.75. The highest BCUT2D eigenvalue weighted by atomic mass is 28.4. The maximum atomic E-state index is 8.00. The predicted octanol–water partition coefficient (Wildman–Crippen LogP) is 1.48. The van der Waals surface area contributed by atoms with E-state index in [1.165, 1.54) is 0 Å². The second kappa shape index (κ2) is 9.85. The molecule has 0 aliphatic carbocycles. The number of hydrogen-bond donors (Lipinski definition) is 0. The van der Waals surface area contributed by atoms with Crippen molar-refractivity contribution in [3.05, 3.63) is 0 Å². The van der Waals surface area contributed by atoms with Crippen molar-refractivity contribution in [2.45, 2.75) is 27.3 Å². The van der Waals surface area contributed by atoms with Crippen LogP contribution in [0.2, 0.25) is 6.55 Å². The smallest absolute Gasteiger partial charge is 0.374 e. The van der Waals surface area contributed by atoms with E-state index in [-0.39, 0.29) is 0 Å². The predicted molar refractivity (Wildman–Crippen MR) is 53.6 cm³/mol. The van der Waals surface area contributed by atoms with Crippen molar-refractivity contribution in [3.63, 3.8) is 0 Å². The van der Waals surface area contributed by atoms with Crippen LogP contribution in [0.25, 0.3) is 0 Å². The molecule has 0 radical (unpaired) electrons. The molecule has 0 spiro atoms. The highest BCUT2D eigenvalue weighted by molar-refractivity contribution is 6.59. The lowest BCUT2D eigenvalue weighted by Gasteiger charge is -2.23. The summed E-state index contributed by atoms with van der Waals surface area (Å²) in [4.78, 5) is 8.00. The molecule has 80 valence electrons. The van der Waals surface area contributed by atoms with E-state index in [2.05, 4.69) is 0 Å². The first-order chi connectivity index (χ1) is 6.18. The van der Waals surface area contributed by atoms with E-state index in [1.54, 1.807) is 0 Å². The summed E-state index contributed by atoms with van der Waals surface area (Å²) in [6.45, 7) is 11.7. The van der Waals surface area contributed by atoms with Crippen molar-refractivity contribution >= 4 is 15.6 Å². The molecule has 0 saturated carbocycles. The average Bonchev–Trinajstić information content (AvgIpc) is 2.09. The van der Waals surface area contributed by atoms with Gasteiger partial charge in [-0.1, -0.05) is 0 Å². The van der Waals surface area contributed by atoms with Gasteiger partial charge in [-0.15, -0.1) is 0 Å². The Bertz CT molecular complexity index is 93.3. The minimum absolute atomic E-state index is 0.655. The van der Waals surface area contributed by atoms with E-state index >= 15 is 0 Å². The van der Waals surface area contributed by atoms with Gasteiger partial charge in [0.15, 0.2) is 0 Å². The Labute approximate surface area is 81.6 Å². The molecule has 0 atom stereocenters. The standard InChI is InChI=1S/C7H18O3Si.CH2O/c1-5-8-11(4,9-6-2)10-7-3;1-2/h5-7H2,1-4H3;1H2. The molecule has 4 nitrogen and oxygen atoms in total. The largest absolute Gasteiger partial charge is 0.497 e. The molecule has 0 N–H and O–H groups in total. The quantitative estimate of drug-likeness (QED) is 0.620. The summed E-state index contributed by atoms with van der Waals surface area (Å²) in [5.41, 5.74) is 0. The monoisotopic (exact) mass is 208 g/mol. The van der Waals surface area contributed by atoms with Crippen LogP contribution in [0, 0.1) is 0 Å². The second-order valence-electron chi connectivity index (χ2n) is 2.16. The van der Waals surface area contributed by atoms with Gasteiger partial charge in [0.1, 0.15) is 6.79 Å². The summed E-state index contributed by atoms with van der Waals surface area (Å²) in [6.07, 6.45) is 0. The van der Waals surface area contributed by atoms with Gasteiger partial charge in [0, 0.05) is 26.4 Å². The van der Waals surface area contributed by atoms with Crippen molar-refractivity contribution in [1.29, 1.82) is 0 Å². The van der Waals surface area contributed by atoms with E-state index in [9.17, 15) is 0 Å². The molecule has 0 bridgehead atoms. The van der Waals surface area contributed by atoms with Gasteiger partial charge in [-0.2, -0.15) is 0 Å². The summed E-state index contributed by atoms with van der Waals surface area (Å²) in [5, 5.41) is 0. The number of carbonyl (C=O) groups is 1. The third-order valence-corrected chi connectivity index (χ3v) is 3.66. The van der Waals surface area contributed by atoms with Crippen LogP contribution < -0.4 is 0 Å². The first-order valence-corrected chi connectivity index (χ1v) is 6.61. The maximum absolute atomic E-state index is 8.00. The Hall–Kier alpha value is -0.233. The highest BCUT2D eigenvalue weighted by Crippen LogP contribution is 2.08. The molecule has 0 unspecified atom stereocenters. The topological polar surface area (TPSA) is 44.8 Å². The van der Waals surface area contributed by atoms with Gasteiger partial charge in [0.2, 0.25) is 0 Å². The lowest BCUT2D eigenvalue weighted by atomic mass is 10.9. The van der Waals surface area contributed by atoms with Gasteiger partial charge in [-0.05, 0) is 20.8 Å². The summed E-state index contributed by atoms with van der Waals surface area (Å²) in [5.74, 6) is 0. The average molecular weight is 208 g/mol. The van der Waals surface area contributed by atoms with Gasteiger partial charge in [0.05, 0.1) is 0 Å². The van der Waals surface area contributed by atoms with Crippen molar-refractivity contribution in [2.24, 2.45) is 0 Å². The van der Waals surface area contributed by atoms with E-state index in [4.69, 9.17) is 18.1 Å². The fourth-order valence-corrected chi connectivity index (χ4v) is 2.73. The van der Waals surface area contributed by atoms with Gasteiger partial charge in [-0.25, -0.2) is 0 Å². The van der Waals surface area contributed by atoms with E-state index in [1.807, 2.05) is 34.1 Å². The zero-order valence-electron chi connectivity index (χ0n) is 8.96. The Kier molecular flexibility index (Phi) is 11.6. The molecule has 0 aliphatic rings. The lowest BCUT2D eigenvalue weighted by Crippen LogP contribution is -2.42. The van der Waals surface area contributed by atoms with Crippen molar-refractivity contribution < 1.29 is 18.1 Å². The summed E-state index contributed by atoms with van der Waals surface area (Å²) >= 11 is 0. The van der Waals surface area contributed by atoms with Crippen molar-refractivity contribution in [3.8, 4) is 0 Å².